The van der Waals surface area contributed by atoms with Gasteiger partial charge in [-0.3, -0.25) is 10.8 Å². The zero-order chi connectivity index (χ0) is 11.4. The summed E-state index contributed by atoms with van der Waals surface area (Å²) in [7, 11) is 0. The third kappa shape index (κ3) is 2.05. The zero-order valence-corrected chi connectivity index (χ0v) is 8.96. The van der Waals surface area contributed by atoms with E-state index in [9.17, 15) is 0 Å². The van der Waals surface area contributed by atoms with E-state index in [0.29, 0.717) is 0 Å². The predicted molar refractivity (Wildman–Crippen MR) is 60.2 cm³/mol. The van der Waals surface area contributed by atoms with Crippen molar-refractivity contribution in [1.82, 2.24) is 20.4 Å². The summed E-state index contributed by atoms with van der Waals surface area (Å²) in [5.41, 5.74) is 5.64. The molecular formula is C11H13N5. The summed E-state index contributed by atoms with van der Waals surface area (Å²) < 4.78 is 0. The van der Waals surface area contributed by atoms with Crippen LogP contribution in [0, 0.1) is 6.92 Å². The van der Waals surface area contributed by atoms with Gasteiger partial charge in [0.1, 0.15) is 6.33 Å². The van der Waals surface area contributed by atoms with E-state index >= 15 is 0 Å². The summed E-state index contributed by atoms with van der Waals surface area (Å²) in [6.07, 6.45) is 6.73. The Morgan fingerprint density at radius 2 is 2.06 bits per heavy atom. The van der Waals surface area contributed by atoms with Crippen LogP contribution in [0.1, 0.15) is 22.9 Å². The molecular weight excluding hydrogens is 202 g/mol. The molecule has 1 unspecified atom stereocenters. The monoisotopic (exact) mass is 215 g/mol. The van der Waals surface area contributed by atoms with Crippen LogP contribution in [-0.2, 0) is 0 Å². The summed E-state index contributed by atoms with van der Waals surface area (Å²) in [5.74, 6) is 5.57. The van der Waals surface area contributed by atoms with E-state index in [1.54, 1.807) is 18.6 Å². The molecule has 82 valence electrons. The van der Waals surface area contributed by atoms with E-state index in [1.807, 2.05) is 19.1 Å². The van der Waals surface area contributed by atoms with Crippen LogP contribution in [0.15, 0.2) is 37.1 Å². The molecule has 0 saturated carbocycles. The van der Waals surface area contributed by atoms with Crippen LogP contribution < -0.4 is 11.3 Å². The molecule has 5 heteroatoms. The Hall–Kier alpha value is -1.85. The van der Waals surface area contributed by atoms with Crippen LogP contribution in [0.5, 0.6) is 0 Å². The predicted octanol–water partition coefficient (Wildman–Crippen LogP) is 0.733. The van der Waals surface area contributed by atoms with Crippen LogP contribution in [-0.4, -0.2) is 15.0 Å². The topological polar surface area (TPSA) is 76.7 Å². The van der Waals surface area contributed by atoms with Crippen molar-refractivity contribution in [2.45, 2.75) is 13.0 Å². The van der Waals surface area contributed by atoms with E-state index in [-0.39, 0.29) is 6.04 Å². The van der Waals surface area contributed by atoms with Gasteiger partial charge in [0, 0.05) is 29.8 Å². The van der Waals surface area contributed by atoms with Gasteiger partial charge in [-0.1, -0.05) is 6.07 Å². The number of rotatable bonds is 3. The number of hydrogen-bond acceptors (Lipinski definition) is 5. The molecule has 0 aliphatic heterocycles. The second-order valence-corrected chi connectivity index (χ2v) is 3.45. The standard InChI is InChI=1S/C11H13N5/c1-8-10(3-2-4-15-8)11(16-12)9-5-13-7-14-6-9/h2-7,11,16H,12H2,1H3. The van der Waals surface area contributed by atoms with Crippen LogP contribution in [0.2, 0.25) is 0 Å². The molecule has 0 bridgehead atoms. The molecule has 0 radical (unpaired) electrons. The maximum absolute atomic E-state index is 5.57. The number of hydrazine groups is 1. The van der Waals surface area contributed by atoms with E-state index < -0.39 is 0 Å². The van der Waals surface area contributed by atoms with Crippen molar-refractivity contribution in [3.8, 4) is 0 Å². The van der Waals surface area contributed by atoms with Crippen molar-refractivity contribution in [3.63, 3.8) is 0 Å². The number of aryl methyl sites for hydroxylation is 1. The fourth-order valence-electron chi connectivity index (χ4n) is 1.63. The average molecular weight is 215 g/mol. The number of pyridine rings is 1. The lowest BCUT2D eigenvalue weighted by Gasteiger charge is -2.17. The maximum Gasteiger partial charge on any atom is 0.115 e. The molecule has 2 aromatic rings. The Labute approximate surface area is 93.7 Å². The van der Waals surface area contributed by atoms with Crippen LogP contribution in [0.3, 0.4) is 0 Å². The summed E-state index contributed by atoms with van der Waals surface area (Å²) in [4.78, 5) is 12.2. The zero-order valence-electron chi connectivity index (χ0n) is 8.96. The molecule has 0 aliphatic carbocycles. The highest BCUT2D eigenvalue weighted by atomic mass is 15.2. The number of nitrogens with zero attached hydrogens (tertiary/aromatic N) is 3. The highest BCUT2D eigenvalue weighted by molar-refractivity contribution is 5.30. The minimum atomic E-state index is -0.130. The van der Waals surface area contributed by atoms with Crippen molar-refractivity contribution in [2.24, 2.45) is 5.84 Å². The number of nitrogens with two attached hydrogens (primary N) is 1. The second-order valence-electron chi connectivity index (χ2n) is 3.45. The first kappa shape index (κ1) is 10.7. The molecule has 0 aliphatic rings. The van der Waals surface area contributed by atoms with Crippen LogP contribution in [0.25, 0.3) is 0 Å². The third-order valence-corrected chi connectivity index (χ3v) is 2.44. The van der Waals surface area contributed by atoms with Gasteiger partial charge < -0.3 is 0 Å². The first-order chi connectivity index (χ1) is 7.83. The van der Waals surface area contributed by atoms with Gasteiger partial charge in [-0.25, -0.2) is 15.4 Å². The first-order valence-electron chi connectivity index (χ1n) is 4.95. The lowest BCUT2D eigenvalue weighted by atomic mass is 10.0. The number of nitrogens with one attached hydrogen (secondary N) is 1. The van der Waals surface area contributed by atoms with E-state index in [0.717, 1.165) is 16.8 Å². The lowest BCUT2D eigenvalue weighted by molar-refractivity contribution is 0.625. The van der Waals surface area contributed by atoms with E-state index in [1.165, 1.54) is 6.33 Å². The highest BCUT2D eigenvalue weighted by Crippen LogP contribution is 2.21. The fraction of sp³-hybridized carbons (Fsp3) is 0.182. The van der Waals surface area contributed by atoms with Crippen molar-refractivity contribution in [2.75, 3.05) is 0 Å². The number of hydrogen-bond donors (Lipinski definition) is 2. The van der Waals surface area contributed by atoms with Crippen molar-refractivity contribution in [1.29, 1.82) is 0 Å². The van der Waals surface area contributed by atoms with Crippen LogP contribution >= 0.6 is 0 Å². The molecule has 2 aromatic heterocycles. The highest BCUT2D eigenvalue weighted by Gasteiger charge is 2.15. The first-order valence-corrected chi connectivity index (χ1v) is 4.95. The minimum Gasteiger partial charge on any atom is -0.271 e. The largest absolute Gasteiger partial charge is 0.271 e. The quantitative estimate of drug-likeness (QED) is 0.583. The molecule has 0 amide bonds. The van der Waals surface area contributed by atoms with Gasteiger partial charge in [-0.05, 0) is 18.6 Å². The summed E-state index contributed by atoms with van der Waals surface area (Å²) in [6.45, 7) is 1.95. The van der Waals surface area contributed by atoms with E-state index in [2.05, 4.69) is 20.4 Å². The Bertz CT molecular complexity index is 457. The maximum atomic E-state index is 5.57. The molecule has 2 rings (SSSR count). The molecule has 16 heavy (non-hydrogen) atoms. The van der Waals surface area contributed by atoms with Crippen molar-refractivity contribution >= 4 is 0 Å². The molecule has 2 heterocycles. The lowest BCUT2D eigenvalue weighted by Crippen LogP contribution is -2.29. The van der Waals surface area contributed by atoms with Crippen molar-refractivity contribution < 1.29 is 0 Å². The van der Waals surface area contributed by atoms with Crippen LogP contribution in [0.4, 0.5) is 0 Å². The van der Waals surface area contributed by atoms with E-state index in [4.69, 9.17) is 5.84 Å². The second kappa shape index (κ2) is 4.78. The molecule has 1 atom stereocenters. The SMILES string of the molecule is Cc1ncccc1C(NN)c1cncnc1. The van der Waals surface area contributed by atoms with Crippen molar-refractivity contribution in [3.05, 3.63) is 53.9 Å². The Balaban J connectivity index is 2.41. The molecule has 5 nitrogen and oxygen atoms in total. The van der Waals surface area contributed by atoms with Gasteiger partial charge in [0.15, 0.2) is 0 Å². The smallest absolute Gasteiger partial charge is 0.115 e. The molecule has 0 spiro atoms. The van der Waals surface area contributed by atoms with Gasteiger partial charge >= 0.3 is 0 Å². The normalized spacial score (nSPS) is 12.4. The van der Waals surface area contributed by atoms with Gasteiger partial charge in [0.2, 0.25) is 0 Å². The Morgan fingerprint density at radius 3 is 2.69 bits per heavy atom. The molecule has 0 saturated heterocycles. The third-order valence-electron chi connectivity index (χ3n) is 2.44. The Morgan fingerprint density at radius 1 is 1.31 bits per heavy atom. The molecule has 0 aromatic carbocycles. The minimum absolute atomic E-state index is 0.130. The Kier molecular flexibility index (Phi) is 3.19. The molecule has 3 N–H and O–H groups in total. The summed E-state index contributed by atoms with van der Waals surface area (Å²) in [5, 5.41) is 0. The average Bonchev–Trinajstić information content (AvgIpc) is 2.34. The fourth-order valence-corrected chi connectivity index (χ4v) is 1.63. The summed E-state index contributed by atoms with van der Waals surface area (Å²) >= 11 is 0. The van der Waals surface area contributed by atoms with Gasteiger partial charge in [0.05, 0.1) is 6.04 Å². The number of aromatic nitrogens is 3. The van der Waals surface area contributed by atoms with Gasteiger partial charge in [0.25, 0.3) is 0 Å². The van der Waals surface area contributed by atoms with Gasteiger partial charge in [-0.2, -0.15) is 0 Å². The van der Waals surface area contributed by atoms with Gasteiger partial charge in [-0.15, -0.1) is 0 Å². The molecule has 0 fully saturated rings. The summed E-state index contributed by atoms with van der Waals surface area (Å²) in [6, 6.07) is 3.74.